The number of hydrogen-bond acceptors (Lipinski definition) is 6. The van der Waals surface area contributed by atoms with E-state index < -0.39 is 12.1 Å². The molecule has 3 rings (SSSR count). The SMILES string of the molecule is NCCC[C@@H](COC(=O)Nc1cc2cc(F)ccc2cn1)NC(=O)CNCc1ccccc1Cl. The number of ether oxygens (including phenoxy) is 1. The number of anilines is 1. The standard InChI is InChI=1S/C24H27ClFN5O3/c25-21-6-2-1-4-17(21)12-28-14-23(32)30-20(5-3-9-27)15-34-24(33)31-22-11-18-10-19(26)8-7-16(18)13-29-22/h1-2,4,6-8,10-11,13,20,28H,3,5,9,12,14-15,27H2,(H,30,32)(H,29,31,33)/t20-/m0/s1. The number of benzene rings is 2. The van der Waals surface area contributed by atoms with Crippen molar-refractivity contribution in [2.24, 2.45) is 5.73 Å². The number of hydrogen-bond donors (Lipinski definition) is 4. The number of nitrogens with two attached hydrogens (primary N) is 1. The Bertz CT molecular complexity index is 1130. The lowest BCUT2D eigenvalue weighted by molar-refractivity contribution is -0.121. The average molecular weight is 488 g/mol. The summed E-state index contributed by atoms with van der Waals surface area (Å²) < 4.78 is 18.7. The third-order valence-corrected chi connectivity index (χ3v) is 5.38. The van der Waals surface area contributed by atoms with Gasteiger partial charge in [-0.1, -0.05) is 29.8 Å². The van der Waals surface area contributed by atoms with E-state index in [0.717, 1.165) is 10.9 Å². The number of pyridine rings is 1. The van der Waals surface area contributed by atoms with Gasteiger partial charge in [0.1, 0.15) is 18.2 Å². The van der Waals surface area contributed by atoms with E-state index in [9.17, 15) is 14.0 Å². The molecule has 34 heavy (non-hydrogen) atoms. The molecule has 180 valence electrons. The highest BCUT2D eigenvalue weighted by Gasteiger charge is 2.15. The van der Waals surface area contributed by atoms with Crippen LogP contribution < -0.4 is 21.7 Å². The normalized spacial score (nSPS) is 11.7. The van der Waals surface area contributed by atoms with E-state index in [0.29, 0.717) is 36.3 Å². The zero-order chi connectivity index (χ0) is 24.3. The minimum absolute atomic E-state index is 0.0374. The molecule has 1 aromatic heterocycles. The van der Waals surface area contributed by atoms with Gasteiger partial charge in [-0.3, -0.25) is 10.1 Å². The maximum atomic E-state index is 13.4. The second-order valence-corrected chi connectivity index (χ2v) is 8.08. The maximum Gasteiger partial charge on any atom is 0.412 e. The number of fused-ring (bicyclic) bond motifs is 1. The van der Waals surface area contributed by atoms with Crippen LogP contribution in [-0.2, 0) is 16.1 Å². The number of rotatable bonds is 11. The Morgan fingerprint density at radius 1 is 1.15 bits per heavy atom. The molecule has 1 atom stereocenters. The monoisotopic (exact) mass is 487 g/mol. The zero-order valence-electron chi connectivity index (χ0n) is 18.5. The molecule has 1 heterocycles. The van der Waals surface area contributed by atoms with Crippen LogP contribution in [0.2, 0.25) is 5.02 Å². The summed E-state index contributed by atoms with van der Waals surface area (Å²) in [5.41, 5.74) is 6.48. The Hall–Kier alpha value is -3.27. The van der Waals surface area contributed by atoms with Gasteiger partial charge in [0.15, 0.2) is 0 Å². The number of carbonyl (C=O) groups is 2. The van der Waals surface area contributed by atoms with Gasteiger partial charge in [-0.15, -0.1) is 0 Å². The molecule has 5 N–H and O–H groups in total. The number of aromatic nitrogens is 1. The first-order chi connectivity index (χ1) is 16.4. The summed E-state index contributed by atoms with van der Waals surface area (Å²) in [4.78, 5) is 28.7. The van der Waals surface area contributed by atoms with Gasteiger partial charge in [-0.2, -0.15) is 0 Å². The Morgan fingerprint density at radius 3 is 2.76 bits per heavy atom. The third kappa shape index (κ3) is 7.95. The molecule has 10 heteroatoms. The predicted octanol–water partition coefficient (Wildman–Crippen LogP) is 3.59. The number of amides is 2. The topological polar surface area (TPSA) is 118 Å². The summed E-state index contributed by atoms with van der Waals surface area (Å²) in [6.07, 6.45) is 2.01. The van der Waals surface area contributed by atoms with Gasteiger partial charge in [0, 0.05) is 23.2 Å². The largest absolute Gasteiger partial charge is 0.447 e. The molecule has 0 spiro atoms. The minimum atomic E-state index is -0.730. The molecular weight excluding hydrogens is 461 g/mol. The van der Waals surface area contributed by atoms with Crippen LogP contribution in [0.4, 0.5) is 15.0 Å². The van der Waals surface area contributed by atoms with Crippen molar-refractivity contribution in [2.45, 2.75) is 25.4 Å². The fraction of sp³-hybridized carbons (Fsp3) is 0.292. The summed E-state index contributed by atoms with van der Waals surface area (Å²) in [6.45, 7) is 0.932. The highest BCUT2D eigenvalue weighted by atomic mass is 35.5. The summed E-state index contributed by atoms with van der Waals surface area (Å²) in [5, 5.41) is 10.4. The number of nitrogens with zero attached hydrogens (tertiary/aromatic N) is 1. The van der Waals surface area contributed by atoms with E-state index in [1.807, 2.05) is 18.2 Å². The van der Waals surface area contributed by atoms with Gasteiger partial charge in [-0.25, -0.2) is 14.2 Å². The number of halogens is 2. The van der Waals surface area contributed by atoms with Crippen LogP contribution in [0.25, 0.3) is 10.8 Å². The fourth-order valence-corrected chi connectivity index (χ4v) is 3.49. The van der Waals surface area contributed by atoms with E-state index in [-0.39, 0.29) is 30.7 Å². The first-order valence-corrected chi connectivity index (χ1v) is 11.2. The van der Waals surface area contributed by atoms with E-state index in [1.54, 1.807) is 18.2 Å². The van der Waals surface area contributed by atoms with Crippen LogP contribution in [0.15, 0.2) is 54.7 Å². The number of nitrogens with one attached hydrogen (secondary N) is 3. The lowest BCUT2D eigenvalue weighted by atomic mass is 10.1. The van der Waals surface area contributed by atoms with Crippen LogP contribution in [0, 0.1) is 5.82 Å². The Morgan fingerprint density at radius 2 is 1.97 bits per heavy atom. The fourth-order valence-electron chi connectivity index (χ4n) is 3.29. The molecule has 0 fully saturated rings. The van der Waals surface area contributed by atoms with Crippen molar-refractivity contribution < 1.29 is 18.7 Å². The minimum Gasteiger partial charge on any atom is -0.447 e. The molecule has 8 nitrogen and oxygen atoms in total. The molecule has 0 aliphatic rings. The van der Waals surface area contributed by atoms with Crippen molar-refractivity contribution in [3.8, 4) is 0 Å². The Kier molecular flexibility index (Phi) is 9.57. The van der Waals surface area contributed by atoms with Crippen LogP contribution in [0.3, 0.4) is 0 Å². The average Bonchev–Trinajstić information content (AvgIpc) is 2.81. The molecule has 0 aliphatic heterocycles. The molecule has 0 aliphatic carbocycles. The van der Waals surface area contributed by atoms with E-state index >= 15 is 0 Å². The predicted molar refractivity (Wildman–Crippen MR) is 130 cm³/mol. The summed E-state index contributed by atoms with van der Waals surface area (Å²) >= 11 is 6.12. The van der Waals surface area contributed by atoms with Crippen molar-refractivity contribution in [1.29, 1.82) is 0 Å². The second-order valence-electron chi connectivity index (χ2n) is 7.67. The van der Waals surface area contributed by atoms with Crippen LogP contribution in [0.5, 0.6) is 0 Å². The lowest BCUT2D eigenvalue weighted by Gasteiger charge is -2.19. The van der Waals surface area contributed by atoms with Gasteiger partial charge >= 0.3 is 6.09 Å². The van der Waals surface area contributed by atoms with Crippen LogP contribution in [0.1, 0.15) is 18.4 Å². The lowest BCUT2D eigenvalue weighted by Crippen LogP contribution is -2.43. The molecule has 2 aromatic carbocycles. The highest BCUT2D eigenvalue weighted by molar-refractivity contribution is 6.31. The molecule has 0 unspecified atom stereocenters. The highest BCUT2D eigenvalue weighted by Crippen LogP contribution is 2.18. The van der Waals surface area contributed by atoms with Crippen molar-refractivity contribution in [2.75, 3.05) is 25.0 Å². The molecule has 2 amide bonds. The summed E-state index contributed by atoms with van der Waals surface area (Å²) in [6, 6.07) is 12.8. The van der Waals surface area contributed by atoms with Gasteiger partial charge in [-0.05, 0) is 60.7 Å². The smallest absolute Gasteiger partial charge is 0.412 e. The molecule has 0 saturated carbocycles. The van der Waals surface area contributed by atoms with E-state index in [1.165, 1.54) is 18.3 Å². The molecule has 0 radical (unpaired) electrons. The van der Waals surface area contributed by atoms with Crippen LogP contribution >= 0.6 is 11.6 Å². The molecule has 0 bridgehead atoms. The second kappa shape index (κ2) is 12.8. The summed E-state index contributed by atoms with van der Waals surface area (Å²) in [7, 11) is 0. The van der Waals surface area contributed by atoms with Gasteiger partial charge in [0.25, 0.3) is 0 Å². The van der Waals surface area contributed by atoms with Gasteiger partial charge < -0.3 is 21.1 Å². The maximum absolute atomic E-state index is 13.4. The summed E-state index contributed by atoms with van der Waals surface area (Å²) in [5.74, 6) is -0.391. The quantitative estimate of drug-likeness (QED) is 0.328. The van der Waals surface area contributed by atoms with Crippen molar-refractivity contribution in [1.82, 2.24) is 15.6 Å². The Balaban J connectivity index is 1.47. The first kappa shape index (κ1) is 25.4. The van der Waals surface area contributed by atoms with Gasteiger partial charge in [0.2, 0.25) is 5.91 Å². The van der Waals surface area contributed by atoms with Crippen molar-refractivity contribution in [3.05, 3.63) is 71.1 Å². The molecule has 3 aromatic rings. The van der Waals surface area contributed by atoms with Crippen LogP contribution in [-0.4, -0.2) is 42.7 Å². The zero-order valence-corrected chi connectivity index (χ0v) is 19.3. The van der Waals surface area contributed by atoms with Crippen molar-refractivity contribution >= 4 is 40.2 Å². The molecule has 0 saturated heterocycles. The first-order valence-electron chi connectivity index (χ1n) is 10.9. The van der Waals surface area contributed by atoms with E-state index in [4.69, 9.17) is 22.1 Å². The van der Waals surface area contributed by atoms with E-state index in [2.05, 4.69) is 20.9 Å². The van der Waals surface area contributed by atoms with Gasteiger partial charge in [0.05, 0.1) is 12.6 Å². The third-order valence-electron chi connectivity index (χ3n) is 5.01. The Labute approximate surface area is 202 Å². The molecular formula is C24H27ClFN5O3. The van der Waals surface area contributed by atoms with Crippen molar-refractivity contribution in [3.63, 3.8) is 0 Å². The number of carbonyl (C=O) groups excluding carboxylic acids is 2.